The van der Waals surface area contributed by atoms with Gasteiger partial charge in [0.25, 0.3) is 0 Å². The van der Waals surface area contributed by atoms with Crippen molar-refractivity contribution in [1.29, 1.82) is 0 Å². The second kappa shape index (κ2) is 13.3. The monoisotopic (exact) mass is 759 g/mol. The molecule has 0 radical (unpaired) electrons. The van der Waals surface area contributed by atoms with Crippen molar-refractivity contribution in [3.63, 3.8) is 0 Å². The number of furan rings is 1. The maximum absolute atomic E-state index is 6.66. The summed E-state index contributed by atoms with van der Waals surface area (Å²) in [6.07, 6.45) is 13.5. The number of benzene rings is 8. The SMILES string of the molecule is C1=CC(c2ccc3c(ccc4ccccc43)c2)CC=C1N(c1ccccc1-c1cccc2oc3c(c12)C=c1ccccc1=CC3)c1cccc2c1sc1ccccc12. The highest BCUT2D eigenvalue weighted by Crippen LogP contribution is 2.48. The molecule has 1 unspecified atom stereocenters. The Morgan fingerprint density at radius 2 is 1.31 bits per heavy atom. The van der Waals surface area contributed by atoms with Gasteiger partial charge in [-0.1, -0.05) is 158 Å². The molecular formula is C55H37NOS. The predicted octanol–water partition coefficient (Wildman–Crippen LogP) is 13.7. The van der Waals surface area contributed by atoms with E-state index in [1.807, 2.05) is 11.3 Å². The van der Waals surface area contributed by atoms with Gasteiger partial charge in [0.1, 0.15) is 11.3 Å². The maximum Gasteiger partial charge on any atom is 0.135 e. The van der Waals surface area contributed by atoms with E-state index < -0.39 is 0 Å². The summed E-state index contributed by atoms with van der Waals surface area (Å²) in [5, 5.41) is 11.4. The molecule has 58 heavy (non-hydrogen) atoms. The van der Waals surface area contributed by atoms with Crippen molar-refractivity contribution in [3.05, 3.63) is 215 Å². The molecule has 2 aromatic heterocycles. The zero-order valence-corrected chi connectivity index (χ0v) is 32.5. The van der Waals surface area contributed by atoms with Crippen LogP contribution in [0.5, 0.6) is 0 Å². The Bertz CT molecular complexity index is 3490. The molecule has 1 atom stereocenters. The minimum absolute atomic E-state index is 0.280. The number of anilines is 2. The van der Waals surface area contributed by atoms with E-state index in [2.05, 4.69) is 199 Å². The van der Waals surface area contributed by atoms with Crippen molar-refractivity contribution >= 4 is 87.6 Å². The van der Waals surface area contributed by atoms with E-state index in [4.69, 9.17) is 4.42 Å². The van der Waals surface area contributed by atoms with Crippen LogP contribution in [0, 0.1) is 0 Å². The minimum Gasteiger partial charge on any atom is -0.460 e. The van der Waals surface area contributed by atoms with Gasteiger partial charge in [0.15, 0.2) is 0 Å². The van der Waals surface area contributed by atoms with Gasteiger partial charge >= 0.3 is 0 Å². The molecule has 0 bridgehead atoms. The predicted molar refractivity (Wildman–Crippen MR) is 247 cm³/mol. The molecule has 0 spiro atoms. The molecule has 2 heterocycles. The first-order valence-electron chi connectivity index (χ1n) is 20.2. The summed E-state index contributed by atoms with van der Waals surface area (Å²) in [4.78, 5) is 2.51. The third-order valence-electron chi connectivity index (χ3n) is 12.2. The number of hydrogen-bond acceptors (Lipinski definition) is 3. The summed E-state index contributed by atoms with van der Waals surface area (Å²) in [6.45, 7) is 0. The Balaban J connectivity index is 1.02. The molecule has 2 aliphatic rings. The van der Waals surface area contributed by atoms with E-state index in [1.165, 1.54) is 85.8 Å². The van der Waals surface area contributed by atoms with E-state index in [1.54, 1.807) is 0 Å². The molecule has 0 N–H and O–H groups in total. The normalized spacial score (nSPS) is 14.9. The van der Waals surface area contributed by atoms with E-state index in [-0.39, 0.29) is 5.92 Å². The molecule has 0 saturated carbocycles. The summed E-state index contributed by atoms with van der Waals surface area (Å²) in [5.41, 5.74) is 9.27. The van der Waals surface area contributed by atoms with Crippen molar-refractivity contribution in [1.82, 2.24) is 0 Å². The van der Waals surface area contributed by atoms with Crippen LogP contribution < -0.4 is 15.3 Å². The highest BCUT2D eigenvalue weighted by atomic mass is 32.1. The molecule has 0 amide bonds. The smallest absolute Gasteiger partial charge is 0.135 e. The van der Waals surface area contributed by atoms with Crippen molar-refractivity contribution in [2.75, 3.05) is 4.90 Å². The molecule has 3 heteroatoms. The molecule has 12 rings (SSSR count). The first kappa shape index (κ1) is 33.2. The van der Waals surface area contributed by atoms with Crippen LogP contribution in [0.3, 0.4) is 0 Å². The molecule has 8 aromatic carbocycles. The van der Waals surface area contributed by atoms with Gasteiger partial charge in [-0.2, -0.15) is 0 Å². The van der Waals surface area contributed by atoms with Gasteiger partial charge in [-0.25, -0.2) is 0 Å². The van der Waals surface area contributed by atoms with Crippen molar-refractivity contribution in [3.8, 4) is 11.1 Å². The maximum atomic E-state index is 6.66. The number of allylic oxidation sites excluding steroid dienone is 3. The fourth-order valence-corrected chi connectivity index (χ4v) is 10.6. The summed E-state index contributed by atoms with van der Waals surface area (Å²) < 4.78 is 9.25. The first-order valence-corrected chi connectivity index (χ1v) is 21.0. The average Bonchev–Trinajstić information content (AvgIpc) is 3.79. The highest BCUT2D eigenvalue weighted by Gasteiger charge is 2.26. The summed E-state index contributed by atoms with van der Waals surface area (Å²) >= 11 is 1.88. The Morgan fingerprint density at radius 1 is 0.569 bits per heavy atom. The number of rotatable bonds is 5. The highest BCUT2D eigenvalue weighted by molar-refractivity contribution is 7.26. The summed E-state index contributed by atoms with van der Waals surface area (Å²) in [6, 6.07) is 59.9. The van der Waals surface area contributed by atoms with E-state index in [0.29, 0.717) is 0 Å². The van der Waals surface area contributed by atoms with Crippen molar-refractivity contribution in [2.24, 2.45) is 0 Å². The number of hydrogen-bond donors (Lipinski definition) is 0. The summed E-state index contributed by atoms with van der Waals surface area (Å²) in [7, 11) is 0. The van der Waals surface area contributed by atoms with Gasteiger partial charge in [0.05, 0.1) is 16.1 Å². The van der Waals surface area contributed by atoms with Crippen molar-refractivity contribution in [2.45, 2.75) is 18.8 Å². The van der Waals surface area contributed by atoms with Crippen LogP contribution in [-0.4, -0.2) is 0 Å². The van der Waals surface area contributed by atoms with E-state index >= 15 is 0 Å². The van der Waals surface area contributed by atoms with Gasteiger partial charge in [-0.3, -0.25) is 0 Å². The minimum atomic E-state index is 0.280. The Labute approximate surface area is 340 Å². The third kappa shape index (κ3) is 5.31. The number of fused-ring (bicyclic) bond motifs is 10. The van der Waals surface area contributed by atoms with E-state index in [0.717, 1.165) is 35.3 Å². The van der Waals surface area contributed by atoms with Gasteiger partial charge < -0.3 is 9.32 Å². The second-order valence-corrected chi connectivity index (χ2v) is 16.6. The molecule has 0 saturated heterocycles. The molecule has 2 aliphatic carbocycles. The third-order valence-corrected chi connectivity index (χ3v) is 13.4. The van der Waals surface area contributed by atoms with Gasteiger partial charge in [0, 0.05) is 50.0 Å². The van der Waals surface area contributed by atoms with Gasteiger partial charge in [0.2, 0.25) is 0 Å². The van der Waals surface area contributed by atoms with Crippen LogP contribution in [0.2, 0.25) is 0 Å². The zero-order chi connectivity index (χ0) is 38.2. The molecule has 0 fully saturated rings. The Morgan fingerprint density at radius 3 is 2.24 bits per heavy atom. The van der Waals surface area contributed by atoms with E-state index in [9.17, 15) is 0 Å². The van der Waals surface area contributed by atoms with Gasteiger partial charge in [-0.05, 0) is 85.9 Å². The van der Waals surface area contributed by atoms with Crippen LogP contribution in [0.1, 0.15) is 29.2 Å². The van der Waals surface area contributed by atoms with Crippen LogP contribution in [0.15, 0.2) is 192 Å². The molecule has 2 nitrogen and oxygen atoms in total. The standard InChI is InChI=1S/C55H37NOS/c1-2-13-38-34-48-51(32-28-35(38)11-1)57-52-21-10-17-46(54(48)52)44-15-5-7-19-49(44)56(50-20-9-18-47-45-16-6-8-22-53(45)58-55(47)50)41-29-25-36(26-30-41)39-27-31-43-40(33-39)24-23-37-12-3-4-14-42(37)43/h1-25,27-31,33-34,36H,26,32H2. The van der Waals surface area contributed by atoms with Crippen LogP contribution in [0.4, 0.5) is 11.4 Å². The topological polar surface area (TPSA) is 16.4 Å². The lowest BCUT2D eigenvalue weighted by molar-refractivity contribution is 0.568. The lowest BCUT2D eigenvalue weighted by atomic mass is 9.89. The fourth-order valence-electron chi connectivity index (χ4n) is 9.43. The first-order chi connectivity index (χ1) is 28.7. The number of para-hydroxylation sites is 1. The number of thiophene rings is 1. The second-order valence-electron chi connectivity index (χ2n) is 15.5. The quantitative estimate of drug-likeness (QED) is 0.163. The van der Waals surface area contributed by atoms with Crippen LogP contribution in [0.25, 0.3) is 76.0 Å². The zero-order valence-electron chi connectivity index (χ0n) is 31.7. The largest absolute Gasteiger partial charge is 0.460 e. The molecule has 10 aromatic rings. The lowest BCUT2D eigenvalue weighted by Gasteiger charge is -2.31. The Kier molecular flexibility index (Phi) is 7.64. The van der Waals surface area contributed by atoms with Crippen molar-refractivity contribution < 1.29 is 4.42 Å². The molecule has 0 aliphatic heterocycles. The summed E-state index contributed by atoms with van der Waals surface area (Å²) in [5.74, 6) is 1.29. The van der Waals surface area contributed by atoms with Crippen LogP contribution >= 0.6 is 11.3 Å². The molecular weight excluding hydrogens is 723 g/mol. The average molecular weight is 760 g/mol. The van der Waals surface area contributed by atoms with Crippen LogP contribution in [-0.2, 0) is 6.42 Å². The Hall–Kier alpha value is -6.94. The molecule has 274 valence electrons. The van der Waals surface area contributed by atoms with Gasteiger partial charge in [-0.15, -0.1) is 11.3 Å². The fraction of sp³-hybridized carbons (Fsp3) is 0.0545. The lowest BCUT2D eigenvalue weighted by Crippen LogP contribution is -2.22. The number of nitrogens with zero attached hydrogens (tertiary/aromatic N) is 1.